The Kier molecular flexibility index (Phi) is 19.7. The number of aliphatic hydroxyl groups is 6. The van der Waals surface area contributed by atoms with Gasteiger partial charge in [0.1, 0.15) is 0 Å². The number of aliphatic hydroxyl groups excluding tert-OH is 6. The third-order valence-corrected chi connectivity index (χ3v) is 30.9. The van der Waals surface area contributed by atoms with Crippen LogP contribution in [0.15, 0.2) is 0 Å². The molecular weight excluding hydrogens is 1070 g/mol. The SMILES string of the molecule is COC(=O)CC[C@@H](C)[C@H]1CC[C@H]2[C@@H]3[C@@H](O)CC4C[C@H](O)CC[C@]4(C)[C@H]3CC[C@]12C.C[C@H](CCC(=O)O)[C@H]1CC[C@H]2[C@@H]3[C@@H](O)CC4C[C@H](O)CC[C@]4(C)[C@H]3CC[C@]12C.C[C@H](CCC(N)=O)[C@H]1CC[C@H]2[C@@H]3[C@@H](O)CC4C[C@H](O)CC[C@]4(C)[C@H]3CC[C@]12C. The summed E-state index contributed by atoms with van der Waals surface area (Å²) in [6.45, 7) is 21.7. The zero-order chi connectivity index (χ0) is 61.5. The number of esters is 1. The number of amides is 1. The van der Waals surface area contributed by atoms with Crippen molar-refractivity contribution in [1.29, 1.82) is 0 Å². The largest absolute Gasteiger partial charge is 0.481 e. The van der Waals surface area contributed by atoms with Crippen LogP contribution in [0.3, 0.4) is 0 Å². The number of nitrogens with two attached hydrogens (primary N) is 1. The van der Waals surface area contributed by atoms with Crippen LogP contribution in [0, 0.1) is 139 Å². The van der Waals surface area contributed by atoms with Gasteiger partial charge in [-0.15, -0.1) is 0 Å². The Morgan fingerprint density at radius 3 is 0.988 bits per heavy atom. The Hall–Kier alpha value is -1.83. The fourth-order valence-corrected chi connectivity index (χ4v) is 26.3. The summed E-state index contributed by atoms with van der Waals surface area (Å²) in [7, 11) is 1.48. The van der Waals surface area contributed by atoms with Gasteiger partial charge in [-0.2, -0.15) is 0 Å². The lowest BCUT2D eigenvalue weighted by molar-refractivity contribution is -0.174. The van der Waals surface area contributed by atoms with Crippen molar-refractivity contribution in [3.63, 3.8) is 0 Å². The van der Waals surface area contributed by atoms with E-state index in [4.69, 9.17) is 15.6 Å². The van der Waals surface area contributed by atoms with E-state index in [9.17, 15) is 45.0 Å². The number of hydrogen-bond acceptors (Lipinski definition) is 10. The van der Waals surface area contributed by atoms with Crippen LogP contribution in [-0.4, -0.2) is 97.3 Å². The van der Waals surface area contributed by atoms with Gasteiger partial charge in [-0.25, -0.2) is 0 Å². The van der Waals surface area contributed by atoms with Gasteiger partial charge >= 0.3 is 11.9 Å². The number of methoxy groups -OCH3 is 1. The lowest BCUT2D eigenvalue weighted by atomic mass is 9.43. The van der Waals surface area contributed by atoms with E-state index >= 15 is 0 Å². The van der Waals surface area contributed by atoms with Crippen LogP contribution >= 0.6 is 0 Å². The first-order valence-electron chi connectivity index (χ1n) is 35.7. The molecule has 85 heavy (non-hydrogen) atoms. The summed E-state index contributed by atoms with van der Waals surface area (Å²) in [5.74, 6) is 8.61. The Labute approximate surface area is 513 Å². The number of carboxylic acids is 1. The second kappa shape index (κ2) is 25.3. The number of fused-ring (bicyclic) bond motifs is 15. The molecule has 12 rings (SSSR count). The number of carbonyl (C=O) groups excluding carboxylic acids is 2. The lowest BCUT2D eigenvalue weighted by Gasteiger charge is -2.62. The van der Waals surface area contributed by atoms with Gasteiger partial charge in [-0.3, -0.25) is 14.4 Å². The second-order valence-corrected chi connectivity index (χ2v) is 34.3. The average Bonchev–Trinajstić information content (AvgIpc) is 1.86. The third kappa shape index (κ3) is 12.0. The van der Waals surface area contributed by atoms with Crippen molar-refractivity contribution in [2.24, 2.45) is 145 Å². The highest BCUT2D eigenvalue weighted by Crippen LogP contribution is 2.72. The number of rotatable bonds is 12. The van der Waals surface area contributed by atoms with Crippen molar-refractivity contribution in [3.8, 4) is 0 Å². The van der Waals surface area contributed by atoms with E-state index in [-0.39, 0.29) is 76.6 Å². The number of aliphatic carboxylic acids is 1. The Balaban J connectivity index is 0.000000142. The fraction of sp³-hybridized carbons (Fsp3) is 0.959. The van der Waals surface area contributed by atoms with Crippen LogP contribution in [0.25, 0.3) is 0 Å². The molecule has 1 amide bonds. The van der Waals surface area contributed by atoms with Gasteiger partial charge in [-0.1, -0.05) is 62.3 Å². The highest BCUT2D eigenvalue weighted by Gasteiger charge is 2.66. The van der Waals surface area contributed by atoms with Gasteiger partial charge in [0, 0.05) is 19.3 Å². The predicted octanol–water partition coefficient (Wildman–Crippen LogP) is 12.9. The Morgan fingerprint density at radius 2 is 0.694 bits per heavy atom. The molecular formula is C73H123NO11. The minimum absolute atomic E-state index is 0.0959. The molecule has 0 aromatic carbocycles. The van der Waals surface area contributed by atoms with Crippen LogP contribution in [0.4, 0.5) is 0 Å². The number of carbonyl (C=O) groups is 3. The fourth-order valence-electron chi connectivity index (χ4n) is 26.3. The van der Waals surface area contributed by atoms with Gasteiger partial charge in [0.15, 0.2) is 0 Å². The first-order chi connectivity index (χ1) is 40.0. The highest BCUT2D eigenvalue weighted by atomic mass is 16.5. The zero-order valence-corrected chi connectivity index (χ0v) is 54.9. The van der Waals surface area contributed by atoms with Crippen molar-refractivity contribution in [2.45, 2.75) is 292 Å². The maximum absolute atomic E-state index is 11.6. The quantitative estimate of drug-likeness (QED) is 0.0857. The maximum Gasteiger partial charge on any atom is 0.305 e. The molecule has 12 nitrogen and oxygen atoms in total. The second-order valence-electron chi connectivity index (χ2n) is 34.3. The van der Waals surface area contributed by atoms with Crippen LogP contribution < -0.4 is 5.73 Å². The van der Waals surface area contributed by atoms with E-state index in [2.05, 4.69) is 62.3 Å². The molecule has 0 aliphatic heterocycles. The van der Waals surface area contributed by atoms with Crippen molar-refractivity contribution in [3.05, 3.63) is 0 Å². The van der Waals surface area contributed by atoms with Gasteiger partial charge in [0.2, 0.25) is 5.91 Å². The topological polar surface area (TPSA) is 228 Å². The molecule has 9 N–H and O–H groups in total. The monoisotopic (exact) mass is 1190 g/mol. The molecule has 12 heteroatoms. The molecule has 0 radical (unpaired) electrons. The maximum atomic E-state index is 11.6. The van der Waals surface area contributed by atoms with Gasteiger partial charge in [-0.05, 0) is 312 Å². The van der Waals surface area contributed by atoms with Crippen LogP contribution in [0.2, 0.25) is 0 Å². The van der Waals surface area contributed by atoms with Gasteiger partial charge < -0.3 is 46.2 Å². The van der Waals surface area contributed by atoms with Gasteiger partial charge in [0.05, 0.1) is 43.7 Å². The average molecular weight is 1190 g/mol. The summed E-state index contributed by atoms with van der Waals surface area (Å²) in [6.07, 6.45) is 28.7. The molecule has 486 valence electrons. The Bertz CT molecular complexity index is 2230. The van der Waals surface area contributed by atoms with E-state index in [1.165, 1.54) is 84.2 Å². The van der Waals surface area contributed by atoms with Crippen LogP contribution in [0.5, 0.6) is 0 Å². The molecule has 0 spiro atoms. The predicted molar refractivity (Wildman–Crippen MR) is 332 cm³/mol. The lowest BCUT2D eigenvalue weighted by Crippen LogP contribution is -2.58. The summed E-state index contributed by atoms with van der Waals surface area (Å²) in [4.78, 5) is 34.0. The van der Waals surface area contributed by atoms with E-state index in [0.29, 0.717) is 130 Å². The summed E-state index contributed by atoms with van der Waals surface area (Å²) < 4.78 is 4.86. The number of carboxylic acid groups (broad SMARTS) is 1. The first kappa shape index (κ1) is 66.1. The summed E-state index contributed by atoms with van der Waals surface area (Å²) in [5, 5.41) is 73.5. The summed E-state index contributed by atoms with van der Waals surface area (Å²) in [6, 6.07) is 0. The number of hydrogen-bond donors (Lipinski definition) is 8. The molecule has 12 aliphatic rings. The number of primary amides is 1. The van der Waals surface area contributed by atoms with Crippen molar-refractivity contribution >= 4 is 17.8 Å². The molecule has 12 aliphatic carbocycles. The minimum Gasteiger partial charge on any atom is -0.481 e. The van der Waals surface area contributed by atoms with Gasteiger partial charge in [0.25, 0.3) is 0 Å². The van der Waals surface area contributed by atoms with Crippen molar-refractivity contribution < 1.29 is 54.9 Å². The minimum atomic E-state index is -0.684. The molecule has 12 fully saturated rings. The molecule has 0 bridgehead atoms. The molecule has 0 aromatic heterocycles. The zero-order valence-electron chi connectivity index (χ0n) is 54.9. The normalized spacial score (nSPS) is 51.2. The molecule has 3 unspecified atom stereocenters. The van der Waals surface area contributed by atoms with E-state index in [1.807, 2.05) is 0 Å². The smallest absolute Gasteiger partial charge is 0.305 e. The molecule has 30 atom stereocenters. The van der Waals surface area contributed by atoms with E-state index in [1.54, 1.807) is 0 Å². The first-order valence-corrected chi connectivity index (χ1v) is 35.7. The standard InChI is InChI=1S/C25H42O4.C24H41NO3.C24H40O4/c1-15(5-8-22(28)29-4)18-6-7-19-23-20(10-12-25(18,19)3)24(2)11-9-17(26)13-16(24)14-21(23)27;1-14(4-7-21(25)28)17-5-6-18-22-19(9-11-24(17,18)3)23(2)10-8-16(26)12-15(23)13-20(22)27;1-14(4-7-21(27)28)17-5-6-18-22-19(9-11-24(17,18)3)23(2)10-8-16(25)12-15(23)13-20(22)26/h15-21,23,26-27H,5-14H2,1-4H3;14-20,22,26-27H,4-13H2,1-3H3,(H2,25,28);14-20,22,25-26H,4-13H2,1-3H3,(H,27,28)/t15-,16?,17-,18-,19+,20+,21+,23+,24+,25-;2*14-,15?,16-,17-,18+,19+,20+,22+,23+,24-/m111/s1. The van der Waals surface area contributed by atoms with Crippen LogP contribution in [0.1, 0.15) is 255 Å². The summed E-state index contributed by atoms with van der Waals surface area (Å²) >= 11 is 0. The van der Waals surface area contributed by atoms with Crippen molar-refractivity contribution in [2.75, 3.05) is 7.11 Å². The molecule has 12 saturated carbocycles. The summed E-state index contributed by atoms with van der Waals surface area (Å²) in [5.41, 5.74) is 7.09. The van der Waals surface area contributed by atoms with Crippen molar-refractivity contribution in [1.82, 2.24) is 0 Å². The number of ether oxygens (including phenoxy) is 1. The van der Waals surface area contributed by atoms with E-state index < -0.39 is 5.97 Å². The molecule has 0 aromatic rings. The van der Waals surface area contributed by atoms with Crippen LogP contribution in [-0.2, 0) is 19.1 Å². The highest BCUT2D eigenvalue weighted by molar-refractivity contribution is 5.73. The third-order valence-electron chi connectivity index (χ3n) is 30.9. The Morgan fingerprint density at radius 1 is 0.412 bits per heavy atom. The molecule has 0 heterocycles. The molecule has 0 saturated heterocycles. The van der Waals surface area contributed by atoms with E-state index in [0.717, 1.165) is 96.3 Å².